The van der Waals surface area contributed by atoms with Crippen molar-refractivity contribution in [2.45, 2.75) is 51.4 Å². The number of carbonyl (C=O) groups is 2. The molecule has 2 atom stereocenters. The van der Waals surface area contributed by atoms with Crippen molar-refractivity contribution in [1.29, 1.82) is 0 Å². The Labute approximate surface area is 198 Å². The highest BCUT2D eigenvalue weighted by molar-refractivity contribution is 5.97. The van der Waals surface area contributed by atoms with Crippen LogP contribution in [-0.4, -0.2) is 49.4 Å². The second-order valence-corrected chi connectivity index (χ2v) is 9.00. The summed E-state index contributed by atoms with van der Waals surface area (Å²) in [5.74, 6) is 0.578. The third kappa shape index (κ3) is 6.35. The maximum atomic E-state index is 13.2. The molecule has 8 heteroatoms. The maximum absolute atomic E-state index is 13.2. The number of halogens is 2. The average Bonchev–Trinajstić information content (AvgIpc) is 3.00. The van der Waals surface area contributed by atoms with Crippen molar-refractivity contribution in [2.24, 2.45) is 11.3 Å². The lowest BCUT2D eigenvalue weighted by Crippen LogP contribution is -2.44. The van der Waals surface area contributed by atoms with Crippen molar-refractivity contribution in [1.82, 2.24) is 10.2 Å². The summed E-state index contributed by atoms with van der Waals surface area (Å²) in [4.78, 5) is 27.9. The van der Waals surface area contributed by atoms with Crippen LogP contribution in [0.3, 0.4) is 0 Å². The summed E-state index contributed by atoms with van der Waals surface area (Å²) in [6, 6.07) is 7.54. The van der Waals surface area contributed by atoms with Gasteiger partial charge in [-0.15, -0.1) is 24.8 Å². The van der Waals surface area contributed by atoms with E-state index in [1.807, 2.05) is 24.3 Å². The van der Waals surface area contributed by atoms with Crippen molar-refractivity contribution < 1.29 is 9.59 Å². The third-order valence-electron chi connectivity index (χ3n) is 6.96. The summed E-state index contributed by atoms with van der Waals surface area (Å²) in [6.07, 6.45) is 9.31. The molecule has 2 heterocycles. The van der Waals surface area contributed by atoms with Crippen LogP contribution in [-0.2, 0) is 9.59 Å². The molecule has 1 aliphatic carbocycles. The SMILES string of the molecule is Cl.Cl.O=C(CN1CCCCCC1)Nc1cccc(NC(=O)[C@@]23CCCC[C@H]2CNC3)c1. The van der Waals surface area contributed by atoms with E-state index in [1.165, 1.54) is 32.1 Å². The first-order valence-electron chi connectivity index (χ1n) is 11.3. The van der Waals surface area contributed by atoms with Gasteiger partial charge < -0.3 is 16.0 Å². The number of carbonyl (C=O) groups excluding carboxylic acids is 2. The van der Waals surface area contributed by atoms with Crippen LogP contribution in [0, 0.1) is 11.3 Å². The lowest BCUT2D eigenvalue weighted by molar-refractivity contribution is -0.128. The number of amides is 2. The van der Waals surface area contributed by atoms with Gasteiger partial charge in [0.15, 0.2) is 0 Å². The van der Waals surface area contributed by atoms with Crippen molar-refractivity contribution in [3.05, 3.63) is 24.3 Å². The van der Waals surface area contributed by atoms with E-state index in [1.54, 1.807) is 0 Å². The van der Waals surface area contributed by atoms with E-state index in [0.29, 0.717) is 12.5 Å². The Balaban J connectivity index is 0.00000171. The molecule has 6 nitrogen and oxygen atoms in total. The largest absolute Gasteiger partial charge is 0.325 e. The molecule has 0 radical (unpaired) electrons. The standard InChI is InChI=1S/C23H34N4O2.2ClH/c28-21(16-27-12-5-1-2-6-13-27)25-19-9-7-10-20(14-19)26-22(29)23-11-4-3-8-18(23)15-24-17-23;;/h7,9-10,14,18,24H,1-6,8,11-13,15-17H2,(H,25,28)(H,26,29);2*1H/t18-,23+;;/m0../s1. The molecule has 2 aliphatic heterocycles. The van der Waals surface area contributed by atoms with Gasteiger partial charge in [-0.2, -0.15) is 0 Å². The molecule has 1 aromatic carbocycles. The van der Waals surface area contributed by atoms with Gasteiger partial charge in [0.1, 0.15) is 0 Å². The minimum Gasteiger partial charge on any atom is -0.325 e. The number of nitrogens with zero attached hydrogens (tertiary/aromatic N) is 1. The van der Waals surface area contributed by atoms with Crippen molar-refractivity contribution >= 4 is 48.0 Å². The normalized spacial score (nSPS) is 25.9. The molecule has 3 aliphatic rings. The Bertz CT molecular complexity index is 740. The number of benzene rings is 1. The predicted octanol–water partition coefficient (Wildman–Crippen LogP) is 4.06. The smallest absolute Gasteiger partial charge is 0.238 e. The highest BCUT2D eigenvalue weighted by atomic mass is 35.5. The topological polar surface area (TPSA) is 73.5 Å². The van der Waals surface area contributed by atoms with Gasteiger partial charge in [-0.05, 0) is 69.4 Å². The number of likely N-dealkylation sites (tertiary alicyclic amines) is 1. The molecule has 31 heavy (non-hydrogen) atoms. The zero-order valence-corrected chi connectivity index (χ0v) is 19.8. The molecule has 1 saturated carbocycles. The zero-order valence-electron chi connectivity index (χ0n) is 18.2. The van der Waals surface area contributed by atoms with E-state index in [0.717, 1.165) is 56.8 Å². The summed E-state index contributed by atoms with van der Waals surface area (Å²) in [7, 11) is 0. The zero-order chi connectivity index (χ0) is 20.1. The Hall–Kier alpha value is -1.34. The fourth-order valence-electron chi connectivity index (χ4n) is 5.32. The van der Waals surface area contributed by atoms with Crippen molar-refractivity contribution in [3.8, 4) is 0 Å². The van der Waals surface area contributed by atoms with Crippen LogP contribution < -0.4 is 16.0 Å². The molecular weight excluding hydrogens is 435 g/mol. The lowest BCUT2D eigenvalue weighted by atomic mass is 9.67. The molecule has 174 valence electrons. The molecular formula is C23H36Cl2N4O2. The number of rotatable bonds is 5. The Morgan fingerprint density at radius 3 is 2.45 bits per heavy atom. The number of nitrogens with one attached hydrogen (secondary N) is 3. The summed E-state index contributed by atoms with van der Waals surface area (Å²) in [6.45, 7) is 4.16. The fourth-order valence-corrected chi connectivity index (χ4v) is 5.32. The molecule has 2 amide bonds. The summed E-state index contributed by atoms with van der Waals surface area (Å²) < 4.78 is 0. The monoisotopic (exact) mass is 470 g/mol. The highest BCUT2D eigenvalue weighted by Crippen LogP contribution is 2.44. The highest BCUT2D eigenvalue weighted by Gasteiger charge is 2.49. The quantitative estimate of drug-likeness (QED) is 0.606. The van der Waals surface area contributed by atoms with E-state index < -0.39 is 0 Å². The lowest BCUT2D eigenvalue weighted by Gasteiger charge is -2.37. The molecule has 4 rings (SSSR count). The van der Waals surface area contributed by atoms with Crippen LogP contribution >= 0.6 is 24.8 Å². The van der Waals surface area contributed by atoms with Crippen LogP contribution in [0.2, 0.25) is 0 Å². The van der Waals surface area contributed by atoms with Gasteiger partial charge in [-0.25, -0.2) is 0 Å². The summed E-state index contributed by atoms with van der Waals surface area (Å²) in [5.41, 5.74) is 1.22. The Morgan fingerprint density at radius 2 is 1.71 bits per heavy atom. The molecule has 3 fully saturated rings. The summed E-state index contributed by atoms with van der Waals surface area (Å²) >= 11 is 0. The molecule has 2 saturated heterocycles. The van der Waals surface area contributed by atoms with E-state index in [4.69, 9.17) is 0 Å². The van der Waals surface area contributed by atoms with Gasteiger partial charge in [-0.1, -0.05) is 31.7 Å². The second-order valence-electron chi connectivity index (χ2n) is 9.00. The second kappa shape index (κ2) is 12.0. The van der Waals surface area contributed by atoms with Crippen LogP contribution in [0.1, 0.15) is 51.4 Å². The van der Waals surface area contributed by atoms with E-state index in [-0.39, 0.29) is 42.0 Å². The number of hydrogen-bond acceptors (Lipinski definition) is 4. The van der Waals surface area contributed by atoms with Gasteiger partial charge in [0.2, 0.25) is 11.8 Å². The molecule has 1 aromatic rings. The summed E-state index contributed by atoms with van der Waals surface area (Å²) in [5, 5.41) is 9.57. The number of hydrogen-bond donors (Lipinski definition) is 3. The predicted molar refractivity (Wildman–Crippen MR) is 130 cm³/mol. The maximum Gasteiger partial charge on any atom is 0.238 e. The third-order valence-corrected chi connectivity index (χ3v) is 6.96. The van der Waals surface area contributed by atoms with E-state index >= 15 is 0 Å². The van der Waals surface area contributed by atoms with Crippen molar-refractivity contribution in [3.63, 3.8) is 0 Å². The molecule has 0 unspecified atom stereocenters. The minimum atomic E-state index is -0.274. The first kappa shape index (κ1) is 25.9. The first-order chi connectivity index (χ1) is 14.2. The van der Waals surface area contributed by atoms with Gasteiger partial charge >= 0.3 is 0 Å². The van der Waals surface area contributed by atoms with Crippen LogP contribution in [0.5, 0.6) is 0 Å². The molecule has 3 N–H and O–H groups in total. The Morgan fingerprint density at radius 1 is 1.00 bits per heavy atom. The van der Waals surface area contributed by atoms with Gasteiger partial charge in [0.05, 0.1) is 12.0 Å². The average molecular weight is 471 g/mol. The molecule has 0 bridgehead atoms. The minimum absolute atomic E-state index is 0. The number of fused-ring (bicyclic) bond motifs is 1. The van der Waals surface area contributed by atoms with Gasteiger partial charge in [0, 0.05) is 17.9 Å². The van der Waals surface area contributed by atoms with E-state index in [2.05, 4.69) is 20.9 Å². The van der Waals surface area contributed by atoms with Crippen molar-refractivity contribution in [2.75, 3.05) is 43.4 Å². The van der Waals surface area contributed by atoms with E-state index in [9.17, 15) is 9.59 Å². The van der Waals surface area contributed by atoms with Crippen LogP contribution in [0.15, 0.2) is 24.3 Å². The Kier molecular flexibility index (Phi) is 10.1. The van der Waals surface area contributed by atoms with Crippen LogP contribution in [0.4, 0.5) is 11.4 Å². The van der Waals surface area contributed by atoms with Crippen LogP contribution in [0.25, 0.3) is 0 Å². The molecule has 0 spiro atoms. The molecule has 0 aromatic heterocycles. The van der Waals surface area contributed by atoms with Gasteiger partial charge in [0.25, 0.3) is 0 Å². The fraction of sp³-hybridized carbons (Fsp3) is 0.652. The number of anilines is 2. The van der Waals surface area contributed by atoms with Gasteiger partial charge in [-0.3, -0.25) is 14.5 Å². The first-order valence-corrected chi connectivity index (χ1v) is 11.3.